The van der Waals surface area contributed by atoms with E-state index in [2.05, 4.69) is 31.8 Å². The maximum Gasteiger partial charge on any atom is 0.271 e. The van der Waals surface area contributed by atoms with Gasteiger partial charge in [-0.1, -0.05) is 33.6 Å². The Morgan fingerprint density at radius 1 is 1.25 bits per heavy atom. The van der Waals surface area contributed by atoms with Gasteiger partial charge in [0.2, 0.25) is 5.91 Å². The average Bonchev–Trinajstić information content (AvgIpc) is 2.65. The van der Waals surface area contributed by atoms with Crippen molar-refractivity contribution < 1.29 is 14.4 Å². The zero-order chi connectivity index (χ0) is 20.3. The van der Waals surface area contributed by atoms with Crippen LogP contribution in [0.2, 0.25) is 5.02 Å². The number of rotatable bonds is 4. The van der Waals surface area contributed by atoms with Crippen molar-refractivity contribution in [2.24, 2.45) is 11.0 Å². The molecule has 3 amide bonds. The molecule has 0 radical (unpaired) electrons. The topological polar surface area (TPSA) is 90.9 Å². The fraction of sp³-hybridized carbons (Fsp3) is 0.0556. The smallest absolute Gasteiger partial charge is 0.271 e. The Morgan fingerprint density at radius 3 is 2.64 bits per heavy atom. The maximum atomic E-state index is 12.8. The third kappa shape index (κ3) is 4.44. The highest BCUT2D eigenvalue weighted by Crippen LogP contribution is 2.22. The lowest BCUT2D eigenvalue weighted by atomic mass is 10.1. The minimum atomic E-state index is -1.24. The average molecular weight is 480 g/mol. The van der Waals surface area contributed by atoms with Crippen LogP contribution >= 0.6 is 39.7 Å². The van der Waals surface area contributed by atoms with Crippen molar-refractivity contribution >= 4 is 74.5 Å². The van der Waals surface area contributed by atoms with Crippen molar-refractivity contribution in [3.63, 3.8) is 0 Å². The number of benzene rings is 2. The first-order chi connectivity index (χ1) is 13.4. The van der Waals surface area contributed by atoms with Gasteiger partial charge >= 0.3 is 0 Å². The van der Waals surface area contributed by atoms with Gasteiger partial charge in [0.25, 0.3) is 11.8 Å². The van der Waals surface area contributed by atoms with Crippen LogP contribution in [0.5, 0.6) is 0 Å². The van der Waals surface area contributed by atoms with E-state index in [9.17, 15) is 14.4 Å². The SMILES string of the molecule is O=C(N/N=C\[C@H]1C(=O)NC(=S)N(c2ccc(Br)cc2)C1=O)c1cccc(Cl)c1. The molecule has 0 bridgehead atoms. The molecule has 0 aliphatic carbocycles. The van der Waals surface area contributed by atoms with Gasteiger partial charge in [-0.15, -0.1) is 0 Å². The Bertz CT molecular complexity index is 997. The van der Waals surface area contributed by atoms with Crippen LogP contribution in [0.25, 0.3) is 0 Å². The highest BCUT2D eigenvalue weighted by Gasteiger charge is 2.38. The Hall–Kier alpha value is -2.62. The molecule has 0 spiro atoms. The van der Waals surface area contributed by atoms with Crippen LogP contribution in [-0.2, 0) is 9.59 Å². The summed E-state index contributed by atoms with van der Waals surface area (Å²) in [6.07, 6.45) is 1.06. The Kier molecular flexibility index (Phi) is 6.18. The monoisotopic (exact) mass is 478 g/mol. The molecule has 2 aromatic carbocycles. The highest BCUT2D eigenvalue weighted by molar-refractivity contribution is 9.10. The quantitative estimate of drug-likeness (QED) is 0.305. The van der Waals surface area contributed by atoms with Crippen LogP contribution in [0.15, 0.2) is 58.1 Å². The molecule has 2 aromatic rings. The number of carbonyl (C=O) groups excluding carboxylic acids is 3. The molecule has 2 N–H and O–H groups in total. The van der Waals surface area contributed by atoms with Gasteiger partial charge in [0, 0.05) is 21.3 Å². The third-order valence-electron chi connectivity index (χ3n) is 3.76. The standard InChI is InChI=1S/C18H12BrClN4O3S/c19-11-4-6-13(7-5-11)24-17(27)14(16(26)22-18(24)28)9-21-23-15(25)10-2-1-3-12(20)8-10/h1-9,14H,(H,23,25)(H,22,26,28)/b21-9-/t14-/m0/s1. The van der Waals surface area contributed by atoms with Crippen molar-refractivity contribution in [1.29, 1.82) is 0 Å². The first kappa shape index (κ1) is 20.1. The molecule has 142 valence electrons. The number of halogens is 2. The van der Waals surface area contributed by atoms with Crippen LogP contribution in [-0.4, -0.2) is 29.0 Å². The number of hydrogen-bond donors (Lipinski definition) is 2. The maximum absolute atomic E-state index is 12.8. The molecule has 1 aliphatic rings. The first-order valence-electron chi connectivity index (χ1n) is 7.90. The summed E-state index contributed by atoms with van der Waals surface area (Å²) >= 11 is 14.3. The molecule has 1 heterocycles. The minimum Gasteiger partial charge on any atom is -0.301 e. The van der Waals surface area contributed by atoms with Crippen LogP contribution in [0, 0.1) is 5.92 Å². The van der Waals surface area contributed by atoms with Crippen molar-refractivity contribution in [2.75, 3.05) is 4.90 Å². The van der Waals surface area contributed by atoms with E-state index in [0.29, 0.717) is 16.3 Å². The fourth-order valence-corrected chi connectivity index (χ4v) is 3.17. The highest BCUT2D eigenvalue weighted by atomic mass is 79.9. The number of thiocarbonyl (C=S) groups is 1. The molecular formula is C18H12BrClN4O3S. The molecule has 0 aromatic heterocycles. The zero-order valence-corrected chi connectivity index (χ0v) is 17.2. The van der Waals surface area contributed by atoms with Crippen LogP contribution in [0.1, 0.15) is 10.4 Å². The van der Waals surface area contributed by atoms with E-state index < -0.39 is 23.6 Å². The molecule has 28 heavy (non-hydrogen) atoms. The normalized spacial score (nSPS) is 17.0. The second-order valence-electron chi connectivity index (χ2n) is 5.65. The van der Waals surface area contributed by atoms with E-state index in [4.69, 9.17) is 23.8 Å². The Labute approximate surface area is 178 Å². The van der Waals surface area contributed by atoms with Gasteiger partial charge in [0.05, 0.1) is 5.69 Å². The fourth-order valence-electron chi connectivity index (χ4n) is 2.42. The van der Waals surface area contributed by atoms with E-state index in [1.807, 2.05) is 0 Å². The summed E-state index contributed by atoms with van der Waals surface area (Å²) in [4.78, 5) is 38.2. The largest absolute Gasteiger partial charge is 0.301 e. The summed E-state index contributed by atoms with van der Waals surface area (Å²) in [6, 6.07) is 13.1. The lowest BCUT2D eigenvalue weighted by Gasteiger charge is -2.30. The van der Waals surface area contributed by atoms with E-state index in [-0.39, 0.29) is 5.11 Å². The van der Waals surface area contributed by atoms with Gasteiger partial charge < -0.3 is 5.32 Å². The third-order valence-corrected chi connectivity index (χ3v) is 4.81. The van der Waals surface area contributed by atoms with Crippen molar-refractivity contribution in [3.8, 4) is 0 Å². The van der Waals surface area contributed by atoms with Gasteiger partial charge in [-0.05, 0) is 54.7 Å². The van der Waals surface area contributed by atoms with Crippen LogP contribution < -0.4 is 15.6 Å². The predicted molar refractivity (Wildman–Crippen MR) is 113 cm³/mol. The predicted octanol–water partition coefficient (Wildman–Crippen LogP) is 2.88. The molecule has 1 atom stereocenters. The summed E-state index contributed by atoms with van der Waals surface area (Å²) < 4.78 is 0.831. The summed E-state index contributed by atoms with van der Waals surface area (Å²) in [5, 5.41) is 6.58. The second-order valence-corrected chi connectivity index (χ2v) is 7.39. The Morgan fingerprint density at radius 2 is 1.96 bits per heavy atom. The number of nitrogens with one attached hydrogen (secondary N) is 2. The molecule has 1 fully saturated rings. The number of carbonyl (C=O) groups is 3. The second kappa shape index (κ2) is 8.59. The number of anilines is 1. The molecule has 10 heteroatoms. The summed E-state index contributed by atoms with van der Waals surface area (Å²) in [5.74, 6) is -2.96. The molecule has 3 rings (SSSR count). The molecular weight excluding hydrogens is 468 g/mol. The van der Waals surface area contributed by atoms with Gasteiger partial charge in [-0.3, -0.25) is 19.3 Å². The lowest BCUT2D eigenvalue weighted by molar-refractivity contribution is -0.130. The van der Waals surface area contributed by atoms with E-state index in [1.165, 1.54) is 11.0 Å². The lowest BCUT2D eigenvalue weighted by Crippen LogP contribution is -2.58. The Balaban J connectivity index is 1.75. The van der Waals surface area contributed by atoms with E-state index in [0.717, 1.165) is 10.7 Å². The van der Waals surface area contributed by atoms with Gasteiger partial charge in [-0.25, -0.2) is 5.43 Å². The van der Waals surface area contributed by atoms with Crippen molar-refractivity contribution in [3.05, 3.63) is 63.6 Å². The summed E-state index contributed by atoms with van der Waals surface area (Å²) in [5.41, 5.74) is 3.06. The first-order valence-corrected chi connectivity index (χ1v) is 9.48. The van der Waals surface area contributed by atoms with Crippen molar-refractivity contribution in [1.82, 2.24) is 10.7 Å². The number of hydrogen-bond acceptors (Lipinski definition) is 5. The number of hydrazone groups is 1. The number of amides is 3. The molecule has 7 nitrogen and oxygen atoms in total. The van der Waals surface area contributed by atoms with Crippen LogP contribution in [0.3, 0.4) is 0 Å². The summed E-state index contributed by atoms with van der Waals surface area (Å²) in [7, 11) is 0. The van der Waals surface area contributed by atoms with Gasteiger partial charge in [0.15, 0.2) is 11.0 Å². The van der Waals surface area contributed by atoms with Gasteiger partial charge in [0.1, 0.15) is 0 Å². The molecule has 0 saturated carbocycles. The van der Waals surface area contributed by atoms with Crippen molar-refractivity contribution in [2.45, 2.75) is 0 Å². The van der Waals surface area contributed by atoms with Crippen LogP contribution in [0.4, 0.5) is 5.69 Å². The molecule has 1 aliphatic heterocycles. The molecule has 1 saturated heterocycles. The zero-order valence-electron chi connectivity index (χ0n) is 14.1. The van der Waals surface area contributed by atoms with E-state index >= 15 is 0 Å². The number of nitrogens with zero attached hydrogens (tertiary/aromatic N) is 2. The minimum absolute atomic E-state index is 0.0232. The van der Waals surface area contributed by atoms with E-state index in [1.54, 1.807) is 42.5 Å². The van der Waals surface area contributed by atoms with Gasteiger partial charge in [-0.2, -0.15) is 5.10 Å². The molecule has 0 unspecified atom stereocenters. The summed E-state index contributed by atoms with van der Waals surface area (Å²) in [6.45, 7) is 0.